The van der Waals surface area contributed by atoms with Crippen molar-refractivity contribution in [3.05, 3.63) is 72.8 Å². The second-order valence-electron chi connectivity index (χ2n) is 4.06. The van der Waals surface area contributed by atoms with Crippen LogP contribution in [0, 0.1) is 5.82 Å². The number of para-hydroxylation sites is 2. The van der Waals surface area contributed by atoms with Crippen LogP contribution in [-0.2, 0) is 0 Å². The minimum Gasteiger partial charge on any atom is -0.323 e. The fourth-order valence-electron chi connectivity index (χ4n) is 1.88. The molecule has 0 aliphatic heterocycles. The summed E-state index contributed by atoms with van der Waals surface area (Å²) in [6.07, 6.45) is 3.51. The minimum absolute atomic E-state index is 0.301. The van der Waals surface area contributed by atoms with Gasteiger partial charge in [-0.15, -0.1) is 0 Å². The summed E-state index contributed by atoms with van der Waals surface area (Å²) < 4.78 is 15.5. The lowest BCUT2D eigenvalue weighted by atomic mass is 10.3. The molecule has 0 radical (unpaired) electrons. The van der Waals surface area contributed by atoms with Crippen molar-refractivity contribution in [3.8, 4) is 5.69 Å². The van der Waals surface area contributed by atoms with E-state index in [-0.39, 0.29) is 5.82 Å². The van der Waals surface area contributed by atoms with E-state index in [0.717, 1.165) is 5.69 Å². The molecule has 1 aromatic heterocycles. The Morgan fingerprint density at radius 1 is 0.947 bits per heavy atom. The van der Waals surface area contributed by atoms with Crippen molar-refractivity contribution in [2.75, 3.05) is 5.32 Å². The molecule has 0 amide bonds. The fourth-order valence-corrected chi connectivity index (χ4v) is 1.88. The number of aromatic nitrogens is 2. The summed E-state index contributed by atoms with van der Waals surface area (Å²) in [5, 5.41) is 3.00. The highest BCUT2D eigenvalue weighted by Gasteiger charge is 2.07. The van der Waals surface area contributed by atoms with E-state index in [1.54, 1.807) is 24.4 Å². The lowest BCUT2D eigenvalue weighted by Gasteiger charge is -2.10. The third kappa shape index (κ3) is 2.33. The summed E-state index contributed by atoms with van der Waals surface area (Å²) in [4.78, 5) is 4.21. The first-order chi connectivity index (χ1) is 9.34. The standard InChI is InChI=1S/C15H12FN3/c16-13-8-4-5-9-14(13)18-15-17-10-11-19(15)12-6-2-1-3-7-12/h1-11H,(H,17,18). The van der Waals surface area contributed by atoms with E-state index in [9.17, 15) is 4.39 Å². The Balaban J connectivity index is 1.96. The highest BCUT2D eigenvalue weighted by atomic mass is 19.1. The van der Waals surface area contributed by atoms with Gasteiger partial charge in [0.25, 0.3) is 0 Å². The summed E-state index contributed by atoms with van der Waals surface area (Å²) in [5.41, 5.74) is 1.38. The molecule has 0 fully saturated rings. The average molecular weight is 253 g/mol. The van der Waals surface area contributed by atoms with E-state index in [2.05, 4.69) is 10.3 Å². The first-order valence-corrected chi connectivity index (χ1v) is 5.95. The van der Waals surface area contributed by atoms with Crippen LogP contribution < -0.4 is 5.32 Å². The Hall–Kier alpha value is -2.62. The molecule has 3 rings (SSSR count). The topological polar surface area (TPSA) is 29.9 Å². The molecule has 0 bridgehead atoms. The van der Waals surface area contributed by atoms with Crippen molar-refractivity contribution in [2.45, 2.75) is 0 Å². The molecule has 0 aliphatic carbocycles. The zero-order chi connectivity index (χ0) is 13.1. The Morgan fingerprint density at radius 3 is 2.47 bits per heavy atom. The third-order valence-electron chi connectivity index (χ3n) is 2.80. The number of hydrogen-bond donors (Lipinski definition) is 1. The zero-order valence-electron chi connectivity index (χ0n) is 10.1. The first kappa shape index (κ1) is 11.5. The van der Waals surface area contributed by atoms with Gasteiger partial charge in [-0.2, -0.15) is 0 Å². The zero-order valence-corrected chi connectivity index (χ0v) is 10.1. The largest absolute Gasteiger partial charge is 0.323 e. The SMILES string of the molecule is Fc1ccccc1Nc1nccn1-c1ccccc1. The summed E-state index contributed by atoms with van der Waals surface area (Å²) in [6.45, 7) is 0. The number of imidazole rings is 1. The van der Waals surface area contributed by atoms with Crippen LogP contribution in [0.3, 0.4) is 0 Å². The lowest BCUT2D eigenvalue weighted by Crippen LogP contribution is -2.02. The van der Waals surface area contributed by atoms with Crippen molar-refractivity contribution < 1.29 is 4.39 Å². The number of rotatable bonds is 3. The van der Waals surface area contributed by atoms with Gasteiger partial charge in [-0.05, 0) is 24.3 Å². The maximum atomic E-state index is 13.6. The fraction of sp³-hybridized carbons (Fsp3) is 0. The highest BCUT2D eigenvalue weighted by Crippen LogP contribution is 2.20. The quantitative estimate of drug-likeness (QED) is 0.770. The lowest BCUT2D eigenvalue weighted by molar-refractivity contribution is 0.631. The Labute approximate surface area is 110 Å². The van der Waals surface area contributed by atoms with Crippen molar-refractivity contribution in [1.82, 2.24) is 9.55 Å². The van der Waals surface area contributed by atoms with Gasteiger partial charge in [0.1, 0.15) is 5.82 Å². The number of benzene rings is 2. The van der Waals surface area contributed by atoms with Gasteiger partial charge in [0.2, 0.25) is 5.95 Å². The molecule has 0 saturated carbocycles. The average Bonchev–Trinajstić information content (AvgIpc) is 2.91. The van der Waals surface area contributed by atoms with Gasteiger partial charge in [0, 0.05) is 18.1 Å². The van der Waals surface area contributed by atoms with E-state index in [1.807, 2.05) is 41.1 Å². The molecule has 19 heavy (non-hydrogen) atoms. The number of nitrogens with zero attached hydrogens (tertiary/aromatic N) is 2. The molecule has 1 N–H and O–H groups in total. The van der Waals surface area contributed by atoms with Crippen molar-refractivity contribution in [1.29, 1.82) is 0 Å². The van der Waals surface area contributed by atoms with Crippen LogP contribution in [0.4, 0.5) is 16.0 Å². The van der Waals surface area contributed by atoms with Crippen LogP contribution in [0.15, 0.2) is 67.0 Å². The van der Waals surface area contributed by atoms with E-state index < -0.39 is 0 Å². The van der Waals surface area contributed by atoms with Crippen LogP contribution in [0.2, 0.25) is 0 Å². The molecule has 3 aromatic rings. The Bertz CT molecular complexity index is 677. The van der Waals surface area contributed by atoms with Gasteiger partial charge in [-0.3, -0.25) is 4.57 Å². The van der Waals surface area contributed by atoms with Crippen molar-refractivity contribution in [3.63, 3.8) is 0 Å². The summed E-state index contributed by atoms with van der Waals surface area (Å²) >= 11 is 0. The molecule has 1 heterocycles. The van der Waals surface area contributed by atoms with Crippen LogP contribution in [0.1, 0.15) is 0 Å². The van der Waals surface area contributed by atoms with Gasteiger partial charge in [-0.1, -0.05) is 30.3 Å². The Kier molecular flexibility index (Phi) is 2.98. The van der Waals surface area contributed by atoms with Crippen LogP contribution >= 0.6 is 0 Å². The van der Waals surface area contributed by atoms with Gasteiger partial charge in [-0.25, -0.2) is 9.37 Å². The third-order valence-corrected chi connectivity index (χ3v) is 2.80. The van der Waals surface area contributed by atoms with E-state index in [4.69, 9.17) is 0 Å². The first-order valence-electron chi connectivity index (χ1n) is 5.95. The predicted octanol–water partition coefficient (Wildman–Crippen LogP) is 3.76. The molecule has 94 valence electrons. The second kappa shape index (κ2) is 4.94. The molecule has 0 unspecified atom stereocenters. The van der Waals surface area contributed by atoms with Gasteiger partial charge >= 0.3 is 0 Å². The normalized spacial score (nSPS) is 10.4. The molecule has 0 saturated heterocycles. The molecule has 0 spiro atoms. The summed E-state index contributed by atoms with van der Waals surface area (Å²) in [5.74, 6) is 0.279. The molecule has 0 atom stereocenters. The molecule has 0 aliphatic rings. The Morgan fingerprint density at radius 2 is 1.68 bits per heavy atom. The van der Waals surface area contributed by atoms with E-state index >= 15 is 0 Å². The van der Waals surface area contributed by atoms with Gasteiger partial charge in [0.15, 0.2) is 0 Å². The molecular formula is C15H12FN3. The number of nitrogens with one attached hydrogen (secondary N) is 1. The van der Waals surface area contributed by atoms with Crippen LogP contribution in [0.25, 0.3) is 5.69 Å². The smallest absolute Gasteiger partial charge is 0.212 e. The predicted molar refractivity (Wildman–Crippen MR) is 73.2 cm³/mol. The monoisotopic (exact) mass is 253 g/mol. The van der Waals surface area contributed by atoms with Crippen molar-refractivity contribution >= 4 is 11.6 Å². The van der Waals surface area contributed by atoms with Gasteiger partial charge in [0.05, 0.1) is 5.69 Å². The van der Waals surface area contributed by atoms with Crippen LogP contribution in [0.5, 0.6) is 0 Å². The molecule has 4 heteroatoms. The van der Waals surface area contributed by atoms with E-state index in [0.29, 0.717) is 11.6 Å². The van der Waals surface area contributed by atoms with Crippen LogP contribution in [-0.4, -0.2) is 9.55 Å². The van der Waals surface area contributed by atoms with Crippen molar-refractivity contribution in [2.24, 2.45) is 0 Å². The maximum Gasteiger partial charge on any atom is 0.212 e. The number of anilines is 2. The highest BCUT2D eigenvalue weighted by molar-refractivity contribution is 5.56. The second-order valence-corrected chi connectivity index (χ2v) is 4.06. The molecule has 3 nitrogen and oxygen atoms in total. The number of hydrogen-bond acceptors (Lipinski definition) is 2. The molecular weight excluding hydrogens is 241 g/mol. The molecule has 2 aromatic carbocycles. The summed E-state index contributed by atoms with van der Waals surface area (Å²) in [7, 11) is 0. The van der Waals surface area contributed by atoms with Gasteiger partial charge < -0.3 is 5.32 Å². The number of halogens is 1. The minimum atomic E-state index is -0.301. The summed E-state index contributed by atoms with van der Waals surface area (Å²) in [6, 6.07) is 16.3. The van der Waals surface area contributed by atoms with E-state index in [1.165, 1.54) is 6.07 Å². The maximum absolute atomic E-state index is 13.6.